The number of aryl methyl sites for hydroxylation is 1. The molecule has 1 atom stereocenters. The average molecular weight is 357 g/mol. The molecule has 0 spiro atoms. The molecule has 1 aromatic heterocycles. The largest absolute Gasteiger partial charge is 0.481 e. The average Bonchev–Trinajstić information content (AvgIpc) is 3.04. The molecule has 1 unspecified atom stereocenters. The number of carbonyl (C=O) groups is 2. The van der Waals surface area contributed by atoms with Crippen molar-refractivity contribution in [3.05, 3.63) is 47.3 Å². The Labute approximate surface area is 154 Å². The predicted octanol–water partition coefficient (Wildman–Crippen LogP) is 3.53. The minimum absolute atomic E-state index is 0.0884. The van der Waals surface area contributed by atoms with Crippen LogP contribution in [0, 0.1) is 12.8 Å². The van der Waals surface area contributed by atoms with Crippen LogP contribution in [0.5, 0.6) is 0 Å². The maximum Gasteiger partial charge on any atom is 0.308 e. The van der Waals surface area contributed by atoms with Crippen LogP contribution in [0.15, 0.2) is 30.5 Å². The van der Waals surface area contributed by atoms with Gasteiger partial charge in [0.2, 0.25) is 0 Å². The molecule has 0 aliphatic heterocycles. The highest BCUT2D eigenvalue weighted by molar-refractivity contribution is 5.95. The Bertz CT molecular complexity index is 763. The molecule has 0 saturated heterocycles. The second-order valence-corrected chi connectivity index (χ2v) is 6.88. The Morgan fingerprint density at radius 1 is 1.23 bits per heavy atom. The van der Waals surface area contributed by atoms with Gasteiger partial charge in [0.15, 0.2) is 0 Å². The summed E-state index contributed by atoms with van der Waals surface area (Å²) in [4.78, 5) is 23.9. The summed E-state index contributed by atoms with van der Waals surface area (Å²) in [5.74, 6) is -1.65. The molecular weight excluding hydrogens is 330 g/mol. The number of nitrogens with zero attached hydrogens (tertiary/aromatic N) is 2. The summed E-state index contributed by atoms with van der Waals surface area (Å²) in [6, 6.07) is 7.95. The summed E-state index contributed by atoms with van der Waals surface area (Å²) in [5.41, 5.74) is 3.35. The van der Waals surface area contributed by atoms with Gasteiger partial charge in [-0.3, -0.25) is 9.59 Å². The fraction of sp³-hybridized carbons (Fsp3) is 0.450. The van der Waals surface area contributed by atoms with Crippen molar-refractivity contribution in [1.29, 1.82) is 0 Å². The number of amides is 1. The van der Waals surface area contributed by atoms with Crippen molar-refractivity contribution in [1.82, 2.24) is 15.1 Å². The number of nitrogens with one attached hydrogen (secondary N) is 1. The molecule has 1 aromatic carbocycles. The van der Waals surface area contributed by atoms with Crippen molar-refractivity contribution in [3.8, 4) is 5.69 Å². The SMILES string of the molecule is CCCC(CNC(=O)c1cnn(-c2ccc(C)cc2)c1C(C)C)C(=O)O. The number of hydrogen-bond donors (Lipinski definition) is 2. The summed E-state index contributed by atoms with van der Waals surface area (Å²) in [7, 11) is 0. The van der Waals surface area contributed by atoms with E-state index >= 15 is 0 Å². The highest BCUT2D eigenvalue weighted by atomic mass is 16.4. The van der Waals surface area contributed by atoms with E-state index in [0.717, 1.165) is 23.4 Å². The van der Waals surface area contributed by atoms with Gasteiger partial charge in [0.1, 0.15) is 0 Å². The lowest BCUT2D eigenvalue weighted by atomic mass is 10.0. The minimum Gasteiger partial charge on any atom is -0.481 e. The van der Waals surface area contributed by atoms with E-state index in [9.17, 15) is 14.7 Å². The van der Waals surface area contributed by atoms with Gasteiger partial charge in [-0.25, -0.2) is 4.68 Å². The van der Waals surface area contributed by atoms with Crippen LogP contribution in [0.1, 0.15) is 61.1 Å². The fourth-order valence-corrected chi connectivity index (χ4v) is 2.95. The van der Waals surface area contributed by atoms with Gasteiger partial charge >= 0.3 is 5.97 Å². The first-order valence-corrected chi connectivity index (χ1v) is 9.01. The molecule has 0 aliphatic carbocycles. The topological polar surface area (TPSA) is 84.2 Å². The van der Waals surface area contributed by atoms with Crippen LogP contribution in [0.3, 0.4) is 0 Å². The molecule has 0 saturated carbocycles. The maximum atomic E-state index is 12.6. The third-order valence-corrected chi connectivity index (χ3v) is 4.37. The molecular formula is C20H27N3O3. The van der Waals surface area contributed by atoms with Gasteiger partial charge < -0.3 is 10.4 Å². The number of rotatable bonds is 8. The van der Waals surface area contributed by atoms with Crippen molar-refractivity contribution in [2.75, 3.05) is 6.54 Å². The third-order valence-electron chi connectivity index (χ3n) is 4.37. The number of carboxylic acids is 1. The lowest BCUT2D eigenvalue weighted by Crippen LogP contribution is -2.33. The number of carboxylic acid groups (broad SMARTS) is 1. The lowest BCUT2D eigenvalue weighted by Gasteiger charge is -2.15. The Balaban J connectivity index is 2.25. The second-order valence-electron chi connectivity index (χ2n) is 6.88. The van der Waals surface area contributed by atoms with Crippen LogP contribution in [0.25, 0.3) is 5.69 Å². The first-order chi connectivity index (χ1) is 12.3. The molecule has 6 heteroatoms. The van der Waals surface area contributed by atoms with E-state index in [0.29, 0.717) is 12.0 Å². The molecule has 140 valence electrons. The summed E-state index contributed by atoms with van der Waals surface area (Å²) >= 11 is 0. The monoisotopic (exact) mass is 357 g/mol. The highest BCUT2D eigenvalue weighted by Crippen LogP contribution is 2.23. The number of carbonyl (C=O) groups excluding carboxylic acids is 1. The molecule has 26 heavy (non-hydrogen) atoms. The molecule has 2 rings (SSSR count). The Kier molecular flexibility index (Phi) is 6.55. The Morgan fingerprint density at radius 2 is 1.88 bits per heavy atom. The minimum atomic E-state index is -0.883. The van der Waals surface area contributed by atoms with Crippen molar-refractivity contribution in [2.45, 2.75) is 46.5 Å². The number of hydrogen-bond acceptors (Lipinski definition) is 3. The standard InChI is InChI=1S/C20H27N3O3/c1-5-6-15(20(25)26)11-21-19(24)17-12-22-23(18(17)13(2)3)16-9-7-14(4)8-10-16/h7-10,12-13,15H,5-6,11H2,1-4H3,(H,21,24)(H,25,26). The highest BCUT2D eigenvalue weighted by Gasteiger charge is 2.23. The quantitative estimate of drug-likeness (QED) is 0.757. The van der Waals surface area contributed by atoms with Gasteiger partial charge in [0, 0.05) is 6.54 Å². The van der Waals surface area contributed by atoms with E-state index in [1.54, 1.807) is 10.9 Å². The lowest BCUT2D eigenvalue weighted by molar-refractivity contribution is -0.141. The summed E-state index contributed by atoms with van der Waals surface area (Å²) < 4.78 is 1.78. The summed E-state index contributed by atoms with van der Waals surface area (Å²) in [6.45, 7) is 8.09. The molecule has 2 N–H and O–H groups in total. The smallest absolute Gasteiger partial charge is 0.308 e. The molecule has 0 fully saturated rings. The second kappa shape index (κ2) is 8.65. The first kappa shape index (κ1) is 19.7. The maximum absolute atomic E-state index is 12.6. The number of benzene rings is 1. The third kappa shape index (κ3) is 4.50. The molecule has 6 nitrogen and oxygen atoms in total. The van der Waals surface area contributed by atoms with Gasteiger partial charge in [-0.2, -0.15) is 5.10 Å². The molecule has 0 radical (unpaired) electrons. The van der Waals surface area contributed by atoms with Crippen molar-refractivity contribution in [3.63, 3.8) is 0 Å². The van der Waals surface area contributed by atoms with E-state index in [1.165, 1.54) is 0 Å². The van der Waals surface area contributed by atoms with Crippen LogP contribution in [-0.2, 0) is 4.79 Å². The van der Waals surface area contributed by atoms with Crippen molar-refractivity contribution >= 4 is 11.9 Å². The van der Waals surface area contributed by atoms with Crippen LogP contribution >= 0.6 is 0 Å². The van der Waals surface area contributed by atoms with E-state index in [1.807, 2.05) is 52.0 Å². The van der Waals surface area contributed by atoms with Crippen LogP contribution < -0.4 is 5.32 Å². The van der Waals surface area contributed by atoms with E-state index < -0.39 is 11.9 Å². The molecule has 2 aromatic rings. The molecule has 0 bridgehead atoms. The van der Waals surface area contributed by atoms with Crippen molar-refractivity contribution < 1.29 is 14.7 Å². The van der Waals surface area contributed by atoms with Gasteiger partial charge in [-0.1, -0.05) is 44.9 Å². The van der Waals surface area contributed by atoms with Crippen LogP contribution in [-0.4, -0.2) is 33.3 Å². The van der Waals surface area contributed by atoms with Crippen molar-refractivity contribution in [2.24, 2.45) is 5.92 Å². The van der Waals surface area contributed by atoms with E-state index in [4.69, 9.17) is 0 Å². The Hall–Kier alpha value is -2.63. The van der Waals surface area contributed by atoms with Gasteiger partial charge in [0.25, 0.3) is 5.91 Å². The predicted molar refractivity (Wildman–Crippen MR) is 101 cm³/mol. The van der Waals surface area contributed by atoms with Crippen LogP contribution in [0.4, 0.5) is 0 Å². The zero-order valence-corrected chi connectivity index (χ0v) is 15.8. The zero-order chi connectivity index (χ0) is 19.3. The first-order valence-electron chi connectivity index (χ1n) is 9.01. The number of aliphatic carboxylic acids is 1. The molecule has 0 aliphatic rings. The zero-order valence-electron chi connectivity index (χ0n) is 15.8. The van der Waals surface area contributed by atoms with E-state index in [2.05, 4.69) is 10.4 Å². The van der Waals surface area contributed by atoms with Crippen LogP contribution in [0.2, 0.25) is 0 Å². The summed E-state index contributed by atoms with van der Waals surface area (Å²) in [5, 5.41) is 16.4. The normalized spacial score (nSPS) is 12.2. The number of aromatic nitrogens is 2. The van der Waals surface area contributed by atoms with Gasteiger partial charge in [0.05, 0.1) is 29.1 Å². The molecule has 1 amide bonds. The van der Waals surface area contributed by atoms with E-state index in [-0.39, 0.29) is 18.4 Å². The van der Waals surface area contributed by atoms with Gasteiger partial charge in [-0.05, 0) is 31.4 Å². The fourth-order valence-electron chi connectivity index (χ4n) is 2.95. The molecule has 1 heterocycles. The summed E-state index contributed by atoms with van der Waals surface area (Å²) in [6.07, 6.45) is 2.85. The Morgan fingerprint density at radius 3 is 2.42 bits per heavy atom. The van der Waals surface area contributed by atoms with Gasteiger partial charge in [-0.15, -0.1) is 0 Å².